The van der Waals surface area contributed by atoms with Crippen molar-refractivity contribution in [3.05, 3.63) is 53.6 Å². The molecule has 4 heteroatoms. The Kier molecular flexibility index (Phi) is 3.06. The Hall–Kier alpha value is -2.49. The van der Waals surface area contributed by atoms with Crippen molar-refractivity contribution in [1.29, 1.82) is 0 Å². The monoisotopic (exact) mass is 270 g/mol. The number of rotatable bonds is 2. The standard InChI is InChI=1S/C16H14O4/c1-19-12-5-2-10(3-6-12)14-9-16(18)20-15-8-11(17)4-7-13(14)15/h2-8,14,17H,9H2,1H3. The molecule has 0 fully saturated rings. The van der Waals surface area contributed by atoms with Gasteiger partial charge in [0.2, 0.25) is 0 Å². The van der Waals surface area contributed by atoms with Crippen molar-refractivity contribution in [3.63, 3.8) is 0 Å². The third-order valence-corrected chi connectivity index (χ3v) is 3.49. The Morgan fingerprint density at radius 2 is 1.95 bits per heavy atom. The van der Waals surface area contributed by atoms with E-state index in [1.54, 1.807) is 19.2 Å². The summed E-state index contributed by atoms with van der Waals surface area (Å²) < 4.78 is 10.3. The maximum atomic E-state index is 11.7. The van der Waals surface area contributed by atoms with Crippen LogP contribution in [0.25, 0.3) is 0 Å². The highest BCUT2D eigenvalue weighted by Gasteiger charge is 2.28. The van der Waals surface area contributed by atoms with Crippen molar-refractivity contribution in [2.45, 2.75) is 12.3 Å². The van der Waals surface area contributed by atoms with Crippen molar-refractivity contribution in [2.24, 2.45) is 0 Å². The molecule has 3 rings (SSSR count). The fourth-order valence-electron chi connectivity index (χ4n) is 2.47. The Balaban J connectivity index is 2.03. The normalized spacial score (nSPS) is 17.2. The van der Waals surface area contributed by atoms with E-state index in [0.717, 1.165) is 16.9 Å². The van der Waals surface area contributed by atoms with E-state index in [0.29, 0.717) is 12.2 Å². The van der Waals surface area contributed by atoms with Gasteiger partial charge in [-0.1, -0.05) is 18.2 Å². The number of phenolic OH excluding ortho intramolecular Hbond substituents is 1. The van der Waals surface area contributed by atoms with Gasteiger partial charge in [-0.15, -0.1) is 0 Å². The molecule has 0 saturated carbocycles. The molecule has 1 N–H and O–H groups in total. The summed E-state index contributed by atoms with van der Waals surface area (Å²) in [6, 6.07) is 12.5. The lowest BCUT2D eigenvalue weighted by Crippen LogP contribution is -2.20. The molecule has 0 amide bonds. The maximum absolute atomic E-state index is 11.7. The molecule has 1 unspecified atom stereocenters. The molecule has 0 aliphatic carbocycles. The molecule has 0 aromatic heterocycles. The largest absolute Gasteiger partial charge is 0.508 e. The van der Waals surface area contributed by atoms with Crippen molar-refractivity contribution >= 4 is 5.97 Å². The SMILES string of the molecule is COc1ccc(C2CC(=O)Oc3cc(O)ccc32)cc1. The Morgan fingerprint density at radius 3 is 2.65 bits per heavy atom. The van der Waals surface area contributed by atoms with E-state index in [-0.39, 0.29) is 17.6 Å². The van der Waals surface area contributed by atoms with Crippen LogP contribution in [0.2, 0.25) is 0 Å². The molecule has 4 nitrogen and oxygen atoms in total. The predicted molar refractivity (Wildman–Crippen MR) is 73.2 cm³/mol. The molecule has 1 heterocycles. The van der Waals surface area contributed by atoms with E-state index in [9.17, 15) is 9.90 Å². The maximum Gasteiger partial charge on any atom is 0.312 e. The molecule has 102 valence electrons. The summed E-state index contributed by atoms with van der Waals surface area (Å²) in [7, 11) is 1.62. The average Bonchev–Trinajstić information content (AvgIpc) is 2.46. The number of carbonyl (C=O) groups is 1. The molecular weight excluding hydrogens is 256 g/mol. The number of ether oxygens (including phenoxy) is 2. The van der Waals surface area contributed by atoms with Crippen LogP contribution in [0.3, 0.4) is 0 Å². The highest BCUT2D eigenvalue weighted by molar-refractivity contribution is 5.78. The molecule has 0 bridgehead atoms. The van der Waals surface area contributed by atoms with E-state index >= 15 is 0 Å². The van der Waals surface area contributed by atoms with Gasteiger partial charge in [0.25, 0.3) is 0 Å². The van der Waals surface area contributed by atoms with Crippen LogP contribution in [0.4, 0.5) is 0 Å². The predicted octanol–water partition coefficient (Wildman–Crippen LogP) is 2.84. The molecular formula is C16H14O4. The fraction of sp³-hybridized carbons (Fsp3) is 0.188. The minimum atomic E-state index is -0.288. The number of hydrogen-bond acceptors (Lipinski definition) is 4. The van der Waals surface area contributed by atoms with Crippen LogP contribution in [0.1, 0.15) is 23.5 Å². The molecule has 1 atom stereocenters. The highest BCUT2D eigenvalue weighted by atomic mass is 16.5. The Morgan fingerprint density at radius 1 is 1.20 bits per heavy atom. The molecule has 20 heavy (non-hydrogen) atoms. The van der Waals surface area contributed by atoms with Crippen molar-refractivity contribution < 1.29 is 19.4 Å². The summed E-state index contributed by atoms with van der Waals surface area (Å²) in [6.07, 6.45) is 0.296. The Labute approximate surface area is 116 Å². The van der Waals surface area contributed by atoms with Gasteiger partial charge in [0, 0.05) is 17.5 Å². The molecule has 1 aliphatic rings. The quantitative estimate of drug-likeness (QED) is 0.673. The first kappa shape index (κ1) is 12.5. The fourth-order valence-corrected chi connectivity index (χ4v) is 2.47. The number of hydrogen-bond donors (Lipinski definition) is 1. The lowest BCUT2D eigenvalue weighted by Gasteiger charge is -2.25. The number of phenols is 1. The van der Waals surface area contributed by atoms with Crippen LogP contribution >= 0.6 is 0 Å². The lowest BCUT2D eigenvalue weighted by atomic mass is 9.86. The summed E-state index contributed by atoms with van der Waals surface area (Å²) in [5.74, 6) is 0.953. The lowest BCUT2D eigenvalue weighted by molar-refractivity contribution is -0.135. The van der Waals surface area contributed by atoms with Gasteiger partial charge in [0.1, 0.15) is 17.2 Å². The highest BCUT2D eigenvalue weighted by Crippen LogP contribution is 2.40. The smallest absolute Gasteiger partial charge is 0.312 e. The molecule has 2 aromatic rings. The summed E-state index contributed by atoms with van der Waals surface area (Å²) in [4.78, 5) is 11.7. The van der Waals surface area contributed by atoms with Crippen LogP contribution in [-0.2, 0) is 4.79 Å². The molecule has 0 spiro atoms. The van der Waals surface area contributed by atoms with E-state index in [4.69, 9.17) is 9.47 Å². The van der Waals surface area contributed by atoms with Crippen LogP contribution in [0, 0.1) is 0 Å². The number of fused-ring (bicyclic) bond motifs is 1. The van der Waals surface area contributed by atoms with Gasteiger partial charge in [-0.3, -0.25) is 4.79 Å². The number of esters is 1. The first-order valence-electron chi connectivity index (χ1n) is 6.35. The van der Waals surface area contributed by atoms with E-state index in [1.807, 2.05) is 24.3 Å². The van der Waals surface area contributed by atoms with Crippen LogP contribution < -0.4 is 9.47 Å². The zero-order valence-corrected chi connectivity index (χ0v) is 11.0. The van der Waals surface area contributed by atoms with Gasteiger partial charge in [0.15, 0.2) is 0 Å². The first-order valence-corrected chi connectivity index (χ1v) is 6.35. The summed E-state index contributed by atoms with van der Waals surface area (Å²) in [5.41, 5.74) is 1.93. The van der Waals surface area contributed by atoms with Gasteiger partial charge in [0.05, 0.1) is 13.5 Å². The van der Waals surface area contributed by atoms with Gasteiger partial charge >= 0.3 is 5.97 Å². The molecule has 0 radical (unpaired) electrons. The minimum Gasteiger partial charge on any atom is -0.508 e. The van der Waals surface area contributed by atoms with Crippen molar-refractivity contribution in [3.8, 4) is 17.2 Å². The second-order valence-electron chi connectivity index (χ2n) is 4.73. The first-order chi connectivity index (χ1) is 9.67. The number of benzene rings is 2. The molecule has 2 aromatic carbocycles. The van der Waals surface area contributed by atoms with E-state index in [1.165, 1.54) is 6.07 Å². The van der Waals surface area contributed by atoms with Gasteiger partial charge in [-0.25, -0.2) is 0 Å². The van der Waals surface area contributed by atoms with Crippen LogP contribution in [-0.4, -0.2) is 18.2 Å². The van der Waals surface area contributed by atoms with Gasteiger partial charge in [-0.05, 0) is 23.8 Å². The number of aromatic hydroxyl groups is 1. The molecule has 1 aliphatic heterocycles. The minimum absolute atomic E-state index is 0.0576. The second kappa shape index (κ2) is 4.89. The van der Waals surface area contributed by atoms with Crippen molar-refractivity contribution in [1.82, 2.24) is 0 Å². The summed E-state index contributed by atoms with van der Waals surface area (Å²) in [5, 5.41) is 9.49. The van der Waals surface area contributed by atoms with E-state index in [2.05, 4.69) is 0 Å². The third kappa shape index (κ3) is 2.20. The van der Waals surface area contributed by atoms with Crippen molar-refractivity contribution in [2.75, 3.05) is 7.11 Å². The van der Waals surface area contributed by atoms with Gasteiger partial charge < -0.3 is 14.6 Å². The second-order valence-corrected chi connectivity index (χ2v) is 4.73. The van der Waals surface area contributed by atoms with E-state index < -0.39 is 0 Å². The van der Waals surface area contributed by atoms with Crippen LogP contribution in [0.5, 0.6) is 17.2 Å². The molecule has 0 saturated heterocycles. The number of carbonyl (C=O) groups excluding carboxylic acids is 1. The average molecular weight is 270 g/mol. The zero-order chi connectivity index (χ0) is 14.1. The third-order valence-electron chi connectivity index (χ3n) is 3.49. The summed E-state index contributed by atoms with van der Waals surface area (Å²) >= 11 is 0. The zero-order valence-electron chi connectivity index (χ0n) is 11.0. The van der Waals surface area contributed by atoms with Crippen LogP contribution in [0.15, 0.2) is 42.5 Å². The topological polar surface area (TPSA) is 55.8 Å². The van der Waals surface area contributed by atoms with Gasteiger partial charge in [-0.2, -0.15) is 0 Å². The number of methoxy groups -OCH3 is 1. The summed E-state index contributed by atoms with van der Waals surface area (Å²) in [6.45, 7) is 0. The Bertz CT molecular complexity index is 646.